The predicted octanol–water partition coefficient (Wildman–Crippen LogP) is 10.2. The van der Waals surface area contributed by atoms with Gasteiger partial charge in [-0.3, -0.25) is 19.5 Å². The normalized spacial score (nSPS) is 13.6. The summed E-state index contributed by atoms with van der Waals surface area (Å²) in [4.78, 5) is 19.7. The van der Waals surface area contributed by atoms with Gasteiger partial charge < -0.3 is 5.11 Å². The molecule has 0 bridgehead atoms. The summed E-state index contributed by atoms with van der Waals surface area (Å²) in [5.74, 6) is 0.923. The number of phenols is 1. The third-order valence-corrected chi connectivity index (χ3v) is 9.95. The van der Waals surface area contributed by atoms with Crippen LogP contribution < -0.4 is 10.7 Å². The van der Waals surface area contributed by atoms with Crippen LogP contribution in [0.15, 0.2) is 125 Å². The Hall–Kier alpha value is -5.19. The van der Waals surface area contributed by atoms with Crippen molar-refractivity contribution in [2.45, 2.75) is 71.9 Å². The Morgan fingerprint density at radius 1 is 0.667 bits per heavy atom. The van der Waals surface area contributed by atoms with E-state index >= 15 is 0 Å². The van der Waals surface area contributed by atoms with E-state index in [9.17, 15) is 5.11 Å². The quantitative estimate of drug-likeness (QED) is 0.175. The second-order valence-corrected chi connectivity index (χ2v) is 16.5. The van der Waals surface area contributed by atoms with Crippen LogP contribution in [0.2, 0.25) is 0 Å². The number of hydrogen-bond donors (Lipinski definition) is 1. The van der Waals surface area contributed by atoms with Crippen molar-refractivity contribution in [2.75, 3.05) is 0 Å². The molecule has 0 saturated heterocycles. The Kier molecular flexibility index (Phi) is 9.34. The van der Waals surface area contributed by atoms with E-state index in [2.05, 4.69) is 142 Å². The standard InChI is InChI=1S/C47H44N5O.Pt/c1-45(2,3)32-25-35(43(53)36(26-32)46(4,5)6)44-49-42-34(30-18-14-19-31(24-30)37-27-38-39(28-48-37)51-47(7,8)50-38)21-15-23-41(42)52(44)40-22-13-12-20-33(40)29-16-10-9-11-17-29;/h9-23,25-28,53H,1-8H3;/q-1;. The van der Waals surface area contributed by atoms with E-state index < -0.39 is 5.66 Å². The average Bonchev–Trinajstić information content (AvgIpc) is 3.66. The Labute approximate surface area is 331 Å². The molecule has 1 aliphatic rings. The van der Waals surface area contributed by atoms with Gasteiger partial charge in [0, 0.05) is 44.1 Å². The number of imidazole rings is 1. The molecule has 1 aliphatic heterocycles. The Morgan fingerprint density at radius 3 is 2.07 bits per heavy atom. The van der Waals surface area contributed by atoms with Gasteiger partial charge in [-0.2, -0.15) is 0 Å². The molecule has 0 saturated carbocycles. The molecule has 0 radical (unpaired) electrons. The molecule has 1 N–H and O–H groups in total. The first-order chi connectivity index (χ1) is 25.2. The van der Waals surface area contributed by atoms with Crippen molar-refractivity contribution in [3.05, 3.63) is 143 Å². The first-order valence-electron chi connectivity index (χ1n) is 18.2. The summed E-state index contributed by atoms with van der Waals surface area (Å²) < 4.78 is 2.22. The number of aromatic nitrogens is 3. The maximum absolute atomic E-state index is 12.2. The van der Waals surface area contributed by atoms with Crippen LogP contribution in [0, 0.1) is 6.07 Å². The first-order valence-corrected chi connectivity index (χ1v) is 18.2. The smallest absolute Gasteiger partial charge is 0.148 e. The van der Waals surface area contributed by atoms with Crippen LogP contribution in [0.4, 0.5) is 0 Å². The molecular weight excluding hydrogens is 846 g/mol. The van der Waals surface area contributed by atoms with Crippen LogP contribution in [0.3, 0.4) is 0 Å². The molecule has 3 heterocycles. The summed E-state index contributed by atoms with van der Waals surface area (Å²) in [5.41, 5.74) is 10.1. The van der Waals surface area contributed by atoms with Gasteiger partial charge in [0.15, 0.2) is 0 Å². The van der Waals surface area contributed by atoms with Gasteiger partial charge in [-0.05, 0) is 60.1 Å². The molecule has 0 spiro atoms. The summed E-state index contributed by atoms with van der Waals surface area (Å²) in [7, 11) is 0. The zero-order valence-electron chi connectivity index (χ0n) is 32.0. The summed E-state index contributed by atoms with van der Waals surface area (Å²) in [6, 6.07) is 41.2. The SMILES string of the molecule is CC1(C)N=c2cnc(-c3[c-]c(-c4cccc5c4nc(-c4cc(C(C)(C)C)cc(C(C)(C)C)c4O)n5-c4ccccc4-c4ccccc4)ccc3)cc2=N1.[Pt]. The van der Waals surface area contributed by atoms with Crippen LogP contribution in [-0.2, 0) is 31.9 Å². The van der Waals surface area contributed by atoms with E-state index in [1.807, 2.05) is 38.1 Å². The average molecular weight is 890 g/mol. The van der Waals surface area contributed by atoms with Gasteiger partial charge in [0.1, 0.15) is 22.6 Å². The molecule has 0 amide bonds. The summed E-state index contributed by atoms with van der Waals surface area (Å²) >= 11 is 0. The number of rotatable bonds is 5. The van der Waals surface area contributed by atoms with Crippen molar-refractivity contribution in [1.29, 1.82) is 0 Å². The van der Waals surface area contributed by atoms with Gasteiger partial charge in [-0.1, -0.05) is 119 Å². The number of phenolic OH excluding ortho intramolecular Hbond substituents is 1. The maximum Gasteiger partial charge on any atom is 0.148 e. The number of fused-ring (bicyclic) bond motifs is 2. The molecular formula is C47H44N5OPt-. The first kappa shape index (κ1) is 37.1. The van der Waals surface area contributed by atoms with Crippen molar-refractivity contribution in [2.24, 2.45) is 9.98 Å². The third-order valence-electron chi connectivity index (χ3n) is 9.95. The summed E-state index contributed by atoms with van der Waals surface area (Å²) in [6.45, 7) is 17.1. The Bertz CT molecular complexity index is 2680. The molecule has 8 rings (SSSR count). The van der Waals surface area contributed by atoms with Gasteiger partial charge in [0.25, 0.3) is 0 Å². The van der Waals surface area contributed by atoms with E-state index in [4.69, 9.17) is 15.0 Å². The molecule has 0 atom stereocenters. The van der Waals surface area contributed by atoms with Gasteiger partial charge in [0.2, 0.25) is 0 Å². The Balaban J connectivity index is 0.00000450. The van der Waals surface area contributed by atoms with Crippen molar-refractivity contribution < 1.29 is 26.2 Å². The minimum absolute atomic E-state index is 0. The van der Waals surface area contributed by atoms with E-state index in [0.717, 1.165) is 72.1 Å². The topological polar surface area (TPSA) is 75.7 Å². The van der Waals surface area contributed by atoms with Gasteiger partial charge in [0.05, 0.1) is 27.6 Å². The molecule has 54 heavy (non-hydrogen) atoms. The molecule has 5 aromatic carbocycles. The molecule has 6 nitrogen and oxygen atoms in total. The van der Waals surface area contributed by atoms with Crippen molar-refractivity contribution in [3.63, 3.8) is 0 Å². The van der Waals surface area contributed by atoms with E-state index in [-0.39, 0.29) is 37.6 Å². The number of benzene rings is 5. The minimum Gasteiger partial charge on any atom is -0.507 e. The Morgan fingerprint density at radius 2 is 1.33 bits per heavy atom. The van der Waals surface area contributed by atoms with Crippen LogP contribution in [0.25, 0.3) is 61.6 Å². The number of hydrogen-bond acceptors (Lipinski definition) is 5. The number of aromatic hydroxyl groups is 1. The maximum atomic E-state index is 12.2. The second-order valence-electron chi connectivity index (χ2n) is 16.5. The molecule has 0 unspecified atom stereocenters. The summed E-state index contributed by atoms with van der Waals surface area (Å²) in [5, 5.41) is 13.9. The fraction of sp³-hybridized carbons (Fsp3) is 0.234. The monoisotopic (exact) mass is 889 g/mol. The molecule has 7 heteroatoms. The predicted molar refractivity (Wildman–Crippen MR) is 215 cm³/mol. The fourth-order valence-corrected chi connectivity index (χ4v) is 7.23. The zero-order chi connectivity index (χ0) is 37.3. The van der Waals surface area contributed by atoms with E-state index in [1.165, 1.54) is 0 Å². The number of pyridine rings is 1. The minimum atomic E-state index is -0.492. The van der Waals surface area contributed by atoms with Crippen LogP contribution in [0.1, 0.15) is 66.5 Å². The van der Waals surface area contributed by atoms with E-state index in [0.29, 0.717) is 11.4 Å². The van der Waals surface area contributed by atoms with Crippen LogP contribution >= 0.6 is 0 Å². The largest absolute Gasteiger partial charge is 0.507 e. The van der Waals surface area contributed by atoms with Crippen molar-refractivity contribution >= 4 is 11.0 Å². The van der Waals surface area contributed by atoms with Crippen molar-refractivity contribution in [3.8, 4) is 56.3 Å². The number of para-hydroxylation sites is 2. The number of nitrogens with zero attached hydrogens (tertiary/aromatic N) is 5. The van der Waals surface area contributed by atoms with Gasteiger partial charge >= 0.3 is 0 Å². The molecule has 2 aromatic heterocycles. The second kappa shape index (κ2) is 13.6. The molecule has 274 valence electrons. The van der Waals surface area contributed by atoms with Crippen LogP contribution in [-0.4, -0.2) is 25.3 Å². The third kappa shape index (κ3) is 6.73. The molecule has 0 aliphatic carbocycles. The summed E-state index contributed by atoms with van der Waals surface area (Å²) in [6.07, 6.45) is 1.80. The zero-order valence-corrected chi connectivity index (χ0v) is 34.2. The molecule has 7 aromatic rings. The van der Waals surface area contributed by atoms with E-state index in [1.54, 1.807) is 6.20 Å². The van der Waals surface area contributed by atoms with Gasteiger partial charge in [-0.25, -0.2) is 4.98 Å². The van der Waals surface area contributed by atoms with Crippen LogP contribution in [0.5, 0.6) is 5.75 Å². The molecule has 0 fully saturated rings. The fourth-order valence-electron chi connectivity index (χ4n) is 7.23. The van der Waals surface area contributed by atoms with Crippen molar-refractivity contribution in [1.82, 2.24) is 14.5 Å². The van der Waals surface area contributed by atoms with Gasteiger partial charge in [-0.15, -0.1) is 29.8 Å².